The Morgan fingerprint density at radius 3 is 2.50 bits per heavy atom. The van der Waals surface area contributed by atoms with Crippen molar-refractivity contribution in [2.24, 2.45) is 0 Å². The summed E-state index contributed by atoms with van der Waals surface area (Å²) in [5.74, 6) is 0. The van der Waals surface area contributed by atoms with E-state index in [1.165, 1.54) is 32.3 Å². The third-order valence-electron chi connectivity index (χ3n) is 3.12. The summed E-state index contributed by atoms with van der Waals surface area (Å²) in [6.45, 7) is 2.14. The molecule has 0 unspecified atom stereocenters. The monoisotopic (exact) mass is 336 g/mol. The van der Waals surface area contributed by atoms with Gasteiger partial charge in [-0.3, -0.25) is 0 Å². The second-order valence-corrected chi connectivity index (χ2v) is 6.01. The zero-order chi connectivity index (χ0) is 11.3. The van der Waals surface area contributed by atoms with E-state index in [1.807, 2.05) is 0 Å². The maximum atomic E-state index is 3.60. The molecular formula is C14H10Br2. The zero-order valence-corrected chi connectivity index (χ0v) is 12.0. The van der Waals surface area contributed by atoms with Gasteiger partial charge in [0, 0.05) is 8.95 Å². The second-order valence-electron chi connectivity index (χ2n) is 4.24. The van der Waals surface area contributed by atoms with Crippen molar-refractivity contribution in [2.75, 3.05) is 0 Å². The lowest BCUT2D eigenvalue weighted by Crippen LogP contribution is -1.83. The first-order valence-corrected chi connectivity index (χ1v) is 6.81. The standard InChI is InChI=1S/C14H10Br2/c1-8-4-13-10(7-14(8)16)5-9-6-11(15)2-3-12(9)13/h2-4,6-7H,5H2,1H3. The van der Waals surface area contributed by atoms with E-state index < -0.39 is 0 Å². The van der Waals surface area contributed by atoms with E-state index in [0.29, 0.717) is 0 Å². The molecule has 3 rings (SSSR count). The molecule has 0 saturated carbocycles. The molecule has 0 N–H and O–H groups in total. The molecule has 1 aliphatic rings. The van der Waals surface area contributed by atoms with Crippen LogP contribution < -0.4 is 0 Å². The van der Waals surface area contributed by atoms with Gasteiger partial charge in [-0.15, -0.1) is 0 Å². The molecule has 2 aromatic rings. The minimum atomic E-state index is 1.04. The van der Waals surface area contributed by atoms with Gasteiger partial charge in [-0.2, -0.15) is 0 Å². The van der Waals surface area contributed by atoms with E-state index in [4.69, 9.17) is 0 Å². The number of aryl methyl sites for hydroxylation is 1. The Hall–Kier alpha value is -0.600. The summed E-state index contributed by atoms with van der Waals surface area (Å²) in [6, 6.07) is 11.1. The minimum absolute atomic E-state index is 1.04. The lowest BCUT2D eigenvalue weighted by molar-refractivity contribution is 1.25. The van der Waals surface area contributed by atoms with Gasteiger partial charge in [0.25, 0.3) is 0 Å². The molecule has 0 amide bonds. The Kier molecular flexibility index (Phi) is 2.45. The van der Waals surface area contributed by atoms with Gasteiger partial charge in [0.1, 0.15) is 0 Å². The van der Waals surface area contributed by atoms with Crippen LogP contribution in [-0.2, 0) is 6.42 Å². The largest absolute Gasteiger partial charge is 0.0530 e. The number of benzene rings is 2. The SMILES string of the molecule is Cc1cc2c(cc1Br)Cc1cc(Br)ccc1-2. The maximum absolute atomic E-state index is 3.60. The van der Waals surface area contributed by atoms with Crippen LogP contribution in [0.2, 0.25) is 0 Å². The van der Waals surface area contributed by atoms with Crippen molar-refractivity contribution in [1.82, 2.24) is 0 Å². The molecule has 16 heavy (non-hydrogen) atoms. The van der Waals surface area contributed by atoms with Crippen LogP contribution in [0.15, 0.2) is 39.3 Å². The van der Waals surface area contributed by atoms with Crippen LogP contribution in [0.4, 0.5) is 0 Å². The molecular weight excluding hydrogens is 328 g/mol. The fourth-order valence-electron chi connectivity index (χ4n) is 2.30. The highest BCUT2D eigenvalue weighted by Crippen LogP contribution is 2.40. The van der Waals surface area contributed by atoms with Gasteiger partial charge in [-0.25, -0.2) is 0 Å². The predicted molar refractivity (Wildman–Crippen MR) is 74.8 cm³/mol. The summed E-state index contributed by atoms with van der Waals surface area (Å²) in [5, 5.41) is 0. The molecule has 0 saturated heterocycles. The first-order valence-electron chi connectivity index (χ1n) is 5.23. The smallest absolute Gasteiger partial charge is 0.0207 e. The van der Waals surface area contributed by atoms with E-state index in [0.717, 1.165) is 10.9 Å². The Labute approximate surface area is 112 Å². The second kappa shape index (κ2) is 3.71. The van der Waals surface area contributed by atoms with Gasteiger partial charge in [-0.05, 0) is 59.4 Å². The topological polar surface area (TPSA) is 0 Å². The van der Waals surface area contributed by atoms with Crippen LogP contribution in [-0.4, -0.2) is 0 Å². The number of hydrogen-bond acceptors (Lipinski definition) is 0. The van der Waals surface area contributed by atoms with E-state index in [1.54, 1.807) is 0 Å². The van der Waals surface area contributed by atoms with Crippen LogP contribution >= 0.6 is 31.9 Å². The number of rotatable bonds is 0. The highest BCUT2D eigenvalue weighted by molar-refractivity contribution is 9.10. The van der Waals surface area contributed by atoms with Crippen molar-refractivity contribution >= 4 is 31.9 Å². The molecule has 0 atom stereocenters. The molecule has 0 radical (unpaired) electrons. The van der Waals surface area contributed by atoms with Crippen molar-refractivity contribution in [3.05, 3.63) is 56.0 Å². The van der Waals surface area contributed by atoms with E-state index >= 15 is 0 Å². The Bertz CT molecular complexity index is 586. The van der Waals surface area contributed by atoms with Gasteiger partial charge >= 0.3 is 0 Å². The highest BCUT2D eigenvalue weighted by Gasteiger charge is 2.19. The average molecular weight is 338 g/mol. The minimum Gasteiger partial charge on any atom is -0.0530 e. The number of halogens is 2. The number of fused-ring (bicyclic) bond motifs is 3. The molecule has 0 spiro atoms. The lowest BCUT2D eigenvalue weighted by atomic mass is 10.0. The van der Waals surface area contributed by atoms with Crippen LogP contribution in [0, 0.1) is 6.92 Å². The van der Waals surface area contributed by atoms with E-state index in [9.17, 15) is 0 Å². The quantitative estimate of drug-likeness (QED) is 0.536. The van der Waals surface area contributed by atoms with Gasteiger partial charge in [0.2, 0.25) is 0 Å². The first kappa shape index (κ1) is 10.5. The third kappa shape index (κ3) is 1.56. The molecule has 0 bridgehead atoms. The summed E-state index contributed by atoms with van der Waals surface area (Å²) in [5.41, 5.74) is 6.92. The van der Waals surface area contributed by atoms with Crippen molar-refractivity contribution in [3.63, 3.8) is 0 Å². The van der Waals surface area contributed by atoms with Gasteiger partial charge in [-0.1, -0.05) is 44.0 Å². The van der Waals surface area contributed by atoms with Crippen molar-refractivity contribution in [1.29, 1.82) is 0 Å². The fraction of sp³-hybridized carbons (Fsp3) is 0.143. The van der Waals surface area contributed by atoms with Crippen LogP contribution in [0.5, 0.6) is 0 Å². The Balaban J connectivity index is 2.25. The summed E-state index contributed by atoms with van der Waals surface area (Å²) in [7, 11) is 0. The molecule has 80 valence electrons. The lowest BCUT2D eigenvalue weighted by Gasteiger charge is -2.04. The fourth-order valence-corrected chi connectivity index (χ4v) is 3.10. The predicted octanol–water partition coefficient (Wildman–Crippen LogP) is 5.09. The first-order chi connectivity index (χ1) is 7.65. The van der Waals surface area contributed by atoms with Crippen LogP contribution in [0.1, 0.15) is 16.7 Å². The van der Waals surface area contributed by atoms with E-state index in [2.05, 4.69) is 69.1 Å². The van der Waals surface area contributed by atoms with Crippen LogP contribution in [0.3, 0.4) is 0 Å². The molecule has 2 heteroatoms. The summed E-state index contributed by atoms with van der Waals surface area (Å²) < 4.78 is 2.37. The Morgan fingerprint density at radius 2 is 1.69 bits per heavy atom. The van der Waals surface area contributed by atoms with Gasteiger partial charge in [0.15, 0.2) is 0 Å². The normalized spacial score (nSPS) is 12.4. The summed E-state index contributed by atoms with van der Waals surface area (Å²) in [4.78, 5) is 0. The Morgan fingerprint density at radius 1 is 0.938 bits per heavy atom. The highest BCUT2D eigenvalue weighted by atomic mass is 79.9. The van der Waals surface area contributed by atoms with Crippen molar-refractivity contribution < 1.29 is 0 Å². The summed E-state index contributed by atoms with van der Waals surface area (Å²) >= 11 is 7.13. The van der Waals surface area contributed by atoms with Crippen LogP contribution in [0.25, 0.3) is 11.1 Å². The molecule has 0 fully saturated rings. The molecule has 0 heterocycles. The zero-order valence-electron chi connectivity index (χ0n) is 8.85. The molecule has 2 aromatic carbocycles. The third-order valence-corrected chi connectivity index (χ3v) is 4.47. The van der Waals surface area contributed by atoms with Gasteiger partial charge < -0.3 is 0 Å². The van der Waals surface area contributed by atoms with E-state index in [-0.39, 0.29) is 0 Å². The molecule has 0 aromatic heterocycles. The van der Waals surface area contributed by atoms with Crippen molar-refractivity contribution in [2.45, 2.75) is 13.3 Å². The van der Waals surface area contributed by atoms with Crippen molar-refractivity contribution in [3.8, 4) is 11.1 Å². The molecule has 1 aliphatic carbocycles. The van der Waals surface area contributed by atoms with Gasteiger partial charge in [0.05, 0.1) is 0 Å². The molecule has 0 nitrogen and oxygen atoms in total. The maximum Gasteiger partial charge on any atom is 0.0207 e. The average Bonchev–Trinajstić information content (AvgIpc) is 2.55. The molecule has 0 aliphatic heterocycles. The number of hydrogen-bond donors (Lipinski definition) is 0. The summed E-state index contributed by atoms with van der Waals surface area (Å²) in [6.07, 6.45) is 1.04.